The molecule has 2 aromatic rings. The quantitative estimate of drug-likeness (QED) is 0.773. The fourth-order valence-electron chi connectivity index (χ4n) is 3.21. The molecule has 2 nitrogen and oxygen atoms in total. The second kappa shape index (κ2) is 7.13. The molecule has 2 rings (SSSR count). The molecule has 1 unspecified atom stereocenters. The number of aryl methyl sites for hydroxylation is 1. The summed E-state index contributed by atoms with van der Waals surface area (Å²) in [5, 5.41) is 4.84. The van der Waals surface area contributed by atoms with E-state index in [2.05, 4.69) is 62.7 Å². The molecule has 0 aliphatic rings. The molecule has 1 atom stereocenters. The Morgan fingerprint density at radius 1 is 1.19 bits per heavy atom. The highest BCUT2D eigenvalue weighted by molar-refractivity contribution is 5.86. The molecule has 1 heterocycles. The van der Waals surface area contributed by atoms with Crippen LogP contribution in [-0.2, 0) is 13.1 Å². The van der Waals surface area contributed by atoms with Crippen molar-refractivity contribution in [1.29, 1.82) is 0 Å². The predicted octanol–water partition coefficient (Wildman–Crippen LogP) is 4.80. The molecule has 1 aromatic heterocycles. The van der Waals surface area contributed by atoms with E-state index in [-0.39, 0.29) is 0 Å². The van der Waals surface area contributed by atoms with Gasteiger partial charge in [-0.1, -0.05) is 33.3 Å². The summed E-state index contributed by atoms with van der Waals surface area (Å²) >= 11 is 0. The molecule has 21 heavy (non-hydrogen) atoms. The second-order valence-corrected chi connectivity index (χ2v) is 6.35. The molecule has 1 N–H and O–H groups in total. The average molecular weight is 286 g/mol. The third kappa shape index (κ3) is 3.49. The zero-order valence-electron chi connectivity index (χ0n) is 14.3. The lowest BCUT2D eigenvalue weighted by molar-refractivity contribution is 0.448. The van der Waals surface area contributed by atoms with Crippen LogP contribution in [0.4, 0.5) is 0 Å². The Morgan fingerprint density at radius 2 is 1.95 bits per heavy atom. The fourth-order valence-corrected chi connectivity index (χ4v) is 3.21. The Kier molecular flexibility index (Phi) is 5.46. The van der Waals surface area contributed by atoms with Gasteiger partial charge in [-0.05, 0) is 56.0 Å². The highest BCUT2D eigenvalue weighted by Gasteiger charge is 2.13. The van der Waals surface area contributed by atoms with Gasteiger partial charge in [0.15, 0.2) is 0 Å². The van der Waals surface area contributed by atoms with Gasteiger partial charge in [0.25, 0.3) is 0 Å². The van der Waals surface area contributed by atoms with Crippen LogP contribution in [0.1, 0.15) is 50.4 Å². The molecular formula is C19H30N2. The molecule has 0 amide bonds. The van der Waals surface area contributed by atoms with E-state index in [9.17, 15) is 0 Å². The standard InChI is InChI=1S/C19H30N2/c1-6-8-14(3)13-21-16(5)15(4)18-11-17(12-20-7-2)9-10-19(18)21/h9-11,14,20H,6-8,12-13H2,1-5H3. The Morgan fingerprint density at radius 3 is 2.62 bits per heavy atom. The molecule has 0 aliphatic carbocycles. The smallest absolute Gasteiger partial charge is 0.0485 e. The lowest BCUT2D eigenvalue weighted by Crippen LogP contribution is -2.11. The second-order valence-electron chi connectivity index (χ2n) is 6.35. The van der Waals surface area contributed by atoms with Crippen molar-refractivity contribution in [2.24, 2.45) is 5.92 Å². The monoisotopic (exact) mass is 286 g/mol. The first-order valence-corrected chi connectivity index (χ1v) is 8.37. The van der Waals surface area contributed by atoms with Crippen LogP contribution >= 0.6 is 0 Å². The average Bonchev–Trinajstić information content (AvgIpc) is 2.70. The Bertz CT molecular complexity index is 595. The van der Waals surface area contributed by atoms with Crippen LogP contribution in [0.5, 0.6) is 0 Å². The van der Waals surface area contributed by atoms with Crippen LogP contribution in [0.25, 0.3) is 10.9 Å². The van der Waals surface area contributed by atoms with Crippen LogP contribution in [0.2, 0.25) is 0 Å². The van der Waals surface area contributed by atoms with Crippen LogP contribution in [0.3, 0.4) is 0 Å². The lowest BCUT2D eigenvalue weighted by atomic mass is 10.1. The summed E-state index contributed by atoms with van der Waals surface area (Å²) in [5.74, 6) is 0.741. The molecule has 0 spiro atoms. The Hall–Kier alpha value is -1.28. The summed E-state index contributed by atoms with van der Waals surface area (Å²) in [6, 6.07) is 6.94. The van der Waals surface area contributed by atoms with Gasteiger partial charge in [-0.2, -0.15) is 0 Å². The van der Waals surface area contributed by atoms with E-state index in [1.54, 1.807) is 0 Å². The molecular weight excluding hydrogens is 256 g/mol. The van der Waals surface area contributed by atoms with E-state index in [1.165, 1.54) is 40.6 Å². The van der Waals surface area contributed by atoms with Crippen molar-refractivity contribution in [2.75, 3.05) is 6.54 Å². The zero-order valence-corrected chi connectivity index (χ0v) is 14.3. The minimum Gasteiger partial charge on any atom is -0.344 e. The Balaban J connectivity index is 2.36. The predicted molar refractivity (Wildman–Crippen MR) is 92.9 cm³/mol. The molecule has 0 aliphatic heterocycles. The van der Waals surface area contributed by atoms with Gasteiger partial charge in [0.2, 0.25) is 0 Å². The minimum atomic E-state index is 0.741. The number of aromatic nitrogens is 1. The number of benzene rings is 1. The first-order chi connectivity index (χ1) is 10.1. The number of hydrogen-bond donors (Lipinski definition) is 1. The van der Waals surface area contributed by atoms with Crippen molar-refractivity contribution in [2.45, 2.75) is 60.5 Å². The van der Waals surface area contributed by atoms with Gasteiger partial charge in [-0.15, -0.1) is 0 Å². The summed E-state index contributed by atoms with van der Waals surface area (Å²) in [6.45, 7) is 14.4. The first-order valence-electron chi connectivity index (χ1n) is 8.37. The maximum Gasteiger partial charge on any atom is 0.0485 e. The van der Waals surface area contributed by atoms with Gasteiger partial charge < -0.3 is 9.88 Å². The van der Waals surface area contributed by atoms with Gasteiger partial charge in [0, 0.05) is 29.7 Å². The van der Waals surface area contributed by atoms with Gasteiger partial charge >= 0.3 is 0 Å². The molecule has 116 valence electrons. The third-order valence-corrected chi connectivity index (χ3v) is 4.56. The summed E-state index contributed by atoms with van der Waals surface area (Å²) in [6.07, 6.45) is 2.57. The van der Waals surface area contributed by atoms with E-state index < -0.39 is 0 Å². The first kappa shape index (κ1) is 16.1. The van der Waals surface area contributed by atoms with Crippen molar-refractivity contribution in [3.63, 3.8) is 0 Å². The Labute approximate surface area is 129 Å². The third-order valence-electron chi connectivity index (χ3n) is 4.56. The molecule has 2 heteroatoms. The molecule has 1 aromatic carbocycles. The molecule has 0 saturated heterocycles. The van der Waals surface area contributed by atoms with Gasteiger partial charge in [0.1, 0.15) is 0 Å². The van der Waals surface area contributed by atoms with Crippen molar-refractivity contribution >= 4 is 10.9 Å². The minimum absolute atomic E-state index is 0.741. The van der Waals surface area contributed by atoms with Crippen molar-refractivity contribution in [3.8, 4) is 0 Å². The molecule has 0 bridgehead atoms. The molecule has 0 fully saturated rings. The number of nitrogens with zero attached hydrogens (tertiary/aromatic N) is 1. The summed E-state index contributed by atoms with van der Waals surface area (Å²) in [4.78, 5) is 0. The zero-order chi connectivity index (χ0) is 15.4. The van der Waals surface area contributed by atoms with Crippen LogP contribution < -0.4 is 5.32 Å². The number of hydrogen-bond acceptors (Lipinski definition) is 1. The van der Waals surface area contributed by atoms with Crippen molar-refractivity contribution < 1.29 is 0 Å². The normalized spacial score (nSPS) is 13.0. The summed E-state index contributed by atoms with van der Waals surface area (Å²) < 4.78 is 2.52. The van der Waals surface area contributed by atoms with E-state index in [0.717, 1.165) is 25.6 Å². The van der Waals surface area contributed by atoms with Gasteiger partial charge in [0.05, 0.1) is 0 Å². The lowest BCUT2D eigenvalue weighted by Gasteiger charge is -2.15. The van der Waals surface area contributed by atoms with Gasteiger partial charge in [-0.25, -0.2) is 0 Å². The van der Waals surface area contributed by atoms with Crippen molar-refractivity contribution in [1.82, 2.24) is 9.88 Å². The number of nitrogens with one attached hydrogen (secondary N) is 1. The maximum absolute atomic E-state index is 3.41. The van der Waals surface area contributed by atoms with E-state index >= 15 is 0 Å². The van der Waals surface area contributed by atoms with Gasteiger partial charge in [-0.3, -0.25) is 0 Å². The number of fused-ring (bicyclic) bond motifs is 1. The SMILES string of the molecule is CCCC(C)Cn1c(C)c(C)c2cc(CNCC)ccc21. The maximum atomic E-state index is 3.41. The summed E-state index contributed by atoms with van der Waals surface area (Å²) in [5.41, 5.74) is 5.64. The largest absolute Gasteiger partial charge is 0.344 e. The van der Waals surface area contributed by atoms with Crippen LogP contribution in [0, 0.1) is 19.8 Å². The van der Waals surface area contributed by atoms with Crippen LogP contribution in [-0.4, -0.2) is 11.1 Å². The summed E-state index contributed by atoms with van der Waals surface area (Å²) in [7, 11) is 0. The highest BCUT2D eigenvalue weighted by atomic mass is 15.0. The molecule has 0 saturated carbocycles. The van der Waals surface area contributed by atoms with Crippen LogP contribution in [0.15, 0.2) is 18.2 Å². The topological polar surface area (TPSA) is 17.0 Å². The van der Waals surface area contributed by atoms with E-state index in [0.29, 0.717) is 0 Å². The fraction of sp³-hybridized carbons (Fsp3) is 0.579. The van der Waals surface area contributed by atoms with Crippen molar-refractivity contribution in [3.05, 3.63) is 35.0 Å². The number of rotatable bonds is 7. The molecule has 0 radical (unpaired) electrons. The van der Waals surface area contributed by atoms with E-state index in [4.69, 9.17) is 0 Å². The van der Waals surface area contributed by atoms with E-state index in [1.807, 2.05) is 0 Å². The highest BCUT2D eigenvalue weighted by Crippen LogP contribution is 2.27.